The van der Waals surface area contributed by atoms with Gasteiger partial charge in [-0.1, -0.05) is 172 Å². The Bertz CT molecular complexity index is 2890. The lowest BCUT2D eigenvalue weighted by atomic mass is 9.77. The van der Waals surface area contributed by atoms with Crippen LogP contribution in [0.4, 0.5) is 5.69 Å². The van der Waals surface area contributed by atoms with Crippen LogP contribution < -0.4 is 14.9 Å². The summed E-state index contributed by atoms with van der Waals surface area (Å²) in [5.41, 5.74) is 12.8. The van der Waals surface area contributed by atoms with E-state index < -0.39 is 8.40 Å². The number of phenolic OH excluding ortho intramolecular Hbond substituents is 1. The van der Waals surface area contributed by atoms with E-state index in [1.54, 1.807) is 0 Å². The standard InChI is InChI=1S/C55H56N4OSi/c1-53(2,3)40-32-38(31-39(33-40)46-34-37(29-30-56-46)36-21-14-11-15-22-36)43-27-20-28-47-49(43)57-52-48-50(44(54(4,5)6)35-45(51(48)60)55(7,8)9)58(10)61(59(47)52,41-23-16-12-17-24-41)42-25-18-13-19-26-42/h11-35,60H,1-10H3. The van der Waals surface area contributed by atoms with Crippen LogP contribution in [-0.2, 0) is 16.2 Å². The van der Waals surface area contributed by atoms with E-state index in [-0.39, 0.29) is 16.2 Å². The summed E-state index contributed by atoms with van der Waals surface area (Å²) in [6.07, 6.45) is 1.92. The van der Waals surface area contributed by atoms with E-state index in [9.17, 15) is 5.11 Å². The fourth-order valence-corrected chi connectivity index (χ4v) is 14.2. The minimum atomic E-state index is -3.22. The second-order valence-electron chi connectivity index (χ2n) is 19.8. The average molecular weight is 817 g/mol. The number of benzene rings is 6. The highest BCUT2D eigenvalue weighted by molar-refractivity contribution is 7.04. The number of aromatic hydroxyl groups is 1. The molecule has 0 radical (unpaired) electrons. The molecule has 0 unspecified atom stereocenters. The molecule has 2 aromatic heterocycles. The zero-order valence-electron chi connectivity index (χ0n) is 37.2. The zero-order valence-corrected chi connectivity index (χ0v) is 38.2. The van der Waals surface area contributed by atoms with Crippen LogP contribution in [0, 0.1) is 0 Å². The number of aromatic nitrogens is 3. The molecule has 0 fully saturated rings. The molecule has 9 rings (SSSR count). The van der Waals surface area contributed by atoms with Gasteiger partial charge in [0.2, 0.25) is 0 Å². The van der Waals surface area contributed by atoms with E-state index in [2.05, 4.69) is 224 Å². The van der Waals surface area contributed by atoms with Crippen LogP contribution in [0.25, 0.3) is 55.9 Å². The van der Waals surface area contributed by atoms with Gasteiger partial charge in [-0.15, -0.1) is 0 Å². The summed E-state index contributed by atoms with van der Waals surface area (Å²) in [5, 5.41) is 15.2. The van der Waals surface area contributed by atoms with Crippen molar-refractivity contribution in [2.75, 3.05) is 11.6 Å². The summed E-state index contributed by atoms with van der Waals surface area (Å²) in [7, 11) is -0.964. The highest BCUT2D eigenvalue weighted by Crippen LogP contribution is 2.53. The topological polar surface area (TPSA) is 54.2 Å². The maximum absolute atomic E-state index is 12.8. The normalized spacial score (nSPS) is 13.9. The van der Waals surface area contributed by atoms with Crippen molar-refractivity contribution in [3.8, 4) is 50.6 Å². The third-order valence-corrected chi connectivity index (χ3v) is 17.1. The van der Waals surface area contributed by atoms with Crippen LogP contribution in [0.15, 0.2) is 152 Å². The van der Waals surface area contributed by atoms with E-state index in [0.29, 0.717) is 5.75 Å². The molecule has 6 heteroatoms. The molecule has 0 saturated carbocycles. The van der Waals surface area contributed by atoms with Crippen molar-refractivity contribution in [1.29, 1.82) is 0 Å². The van der Waals surface area contributed by atoms with E-state index in [0.717, 1.165) is 67.2 Å². The third-order valence-electron chi connectivity index (χ3n) is 12.6. The average Bonchev–Trinajstić information content (AvgIpc) is 3.63. The molecule has 0 saturated heterocycles. The molecule has 0 bridgehead atoms. The smallest absolute Gasteiger partial charge is 0.336 e. The molecule has 8 aromatic rings. The lowest BCUT2D eigenvalue weighted by molar-refractivity contribution is 0.446. The van der Waals surface area contributed by atoms with Gasteiger partial charge in [0.1, 0.15) is 11.6 Å². The molecule has 1 aliphatic rings. The first-order chi connectivity index (χ1) is 29.0. The molecular weight excluding hydrogens is 761 g/mol. The Kier molecular flexibility index (Phi) is 9.52. The molecule has 1 N–H and O–H groups in total. The number of nitrogens with zero attached hydrogens (tertiary/aromatic N) is 4. The molecule has 306 valence electrons. The number of hydrogen-bond donors (Lipinski definition) is 1. The number of pyridine rings is 1. The van der Waals surface area contributed by atoms with Crippen molar-refractivity contribution in [1.82, 2.24) is 14.2 Å². The minimum absolute atomic E-state index is 0.133. The second kappa shape index (κ2) is 14.4. The third kappa shape index (κ3) is 6.60. The first-order valence-corrected chi connectivity index (χ1v) is 23.3. The Balaban J connectivity index is 1.41. The molecule has 6 aromatic carbocycles. The van der Waals surface area contributed by atoms with Crippen LogP contribution >= 0.6 is 0 Å². The Morgan fingerprint density at radius 1 is 0.541 bits per heavy atom. The first-order valence-electron chi connectivity index (χ1n) is 21.5. The number of rotatable bonds is 5. The molecule has 0 atom stereocenters. The summed E-state index contributed by atoms with van der Waals surface area (Å²) in [6.45, 7) is 20.2. The fourth-order valence-electron chi connectivity index (χ4n) is 9.42. The van der Waals surface area contributed by atoms with Crippen molar-refractivity contribution in [3.05, 3.63) is 168 Å². The quantitative estimate of drug-likeness (QED) is 0.176. The molecule has 5 nitrogen and oxygen atoms in total. The van der Waals surface area contributed by atoms with Gasteiger partial charge in [0.15, 0.2) is 0 Å². The molecular formula is C55H56N4OSi. The lowest BCUT2D eigenvalue weighted by Crippen LogP contribution is -2.75. The number of para-hydroxylation sites is 1. The van der Waals surface area contributed by atoms with Crippen LogP contribution in [0.2, 0.25) is 0 Å². The summed E-state index contributed by atoms with van der Waals surface area (Å²) < 4.78 is 5.08. The van der Waals surface area contributed by atoms with E-state index in [1.165, 1.54) is 21.5 Å². The van der Waals surface area contributed by atoms with Gasteiger partial charge in [-0.3, -0.25) is 4.98 Å². The number of hydrogen-bond acceptors (Lipinski definition) is 4. The number of anilines is 1. The number of imidazole rings is 1. The predicted molar refractivity (Wildman–Crippen MR) is 259 cm³/mol. The fraction of sp³-hybridized carbons (Fsp3) is 0.236. The van der Waals surface area contributed by atoms with Crippen molar-refractivity contribution < 1.29 is 5.11 Å². The van der Waals surface area contributed by atoms with Crippen LogP contribution in [0.1, 0.15) is 79.0 Å². The van der Waals surface area contributed by atoms with E-state index in [1.807, 2.05) is 6.20 Å². The zero-order chi connectivity index (χ0) is 43.1. The molecule has 3 heterocycles. The summed E-state index contributed by atoms with van der Waals surface area (Å²) in [6, 6.07) is 52.6. The number of fused-ring (bicyclic) bond motifs is 5. The Labute approximate surface area is 362 Å². The van der Waals surface area contributed by atoms with Crippen LogP contribution in [0.5, 0.6) is 5.75 Å². The summed E-state index contributed by atoms with van der Waals surface area (Å²) in [4.78, 5) is 10.7. The second-order valence-corrected chi connectivity index (χ2v) is 23.4. The molecule has 0 aliphatic carbocycles. The Morgan fingerprint density at radius 2 is 1.13 bits per heavy atom. The lowest BCUT2D eigenvalue weighted by Gasteiger charge is -2.49. The Morgan fingerprint density at radius 3 is 1.72 bits per heavy atom. The maximum atomic E-state index is 12.8. The molecule has 0 amide bonds. The van der Waals surface area contributed by atoms with Crippen molar-refractivity contribution in [2.24, 2.45) is 0 Å². The molecule has 1 aliphatic heterocycles. The van der Waals surface area contributed by atoms with Crippen molar-refractivity contribution >= 4 is 35.5 Å². The largest absolute Gasteiger partial charge is 0.507 e. The Hall–Kier alpha value is -6.24. The number of phenols is 1. The summed E-state index contributed by atoms with van der Waals surface area (Å²) >= 11 is 0. The molecule has 0 spiro atoms. The van der Waals surface area contributed by atoms with Gasteiger partial charge < -0.3 is 13.9 Å². The van der Waals surface area contributed by atoms with Crippen LogP contribution in [0.3, 0.4) is 0 Å². The summed E-state index contributed by atoms with van der Waals surface area (Å²) in [5.74, 6) is 1.10. The highest BCUT2D eigenvalue weighted by atomic mass is 28.3. The van der Waals surface area contributed by atoms with E-state index >= 15 is 0 Å². The van der Waals surface area contributed by atoms with Gasteiger partial charge >= 0.3 is 8.40 Å². The maximum Gasteiger partial charge on any atom is 0.336 e. The van der Waals surface area contributed by atoms with E-state index in [4.69, 9.17) is 9.97 Å². The highest BCUT2D eigenvalue weighted by Gasteiger charge is 2.53. The van der Waals surface area contributed by atoms with Gasteiger partial charge in [0, 0.05) is 28.6 Å². The van der Waals surface area contributed by atoms with Gasteiger partial charge in [0.25, 0.3) is 0 Å². The van der Waals surface area contributed by atoms with Gasteiger partial charge in [0.05, 0.1) is 22.3 Å². The van der Waals surface area contributed by atoms with Gasteiger partial charge in [-0.05, 0) is 97.9 Å². The monoisotopic (exact) mass is 816 g/mol. The van der Waals surface area contributed by atoms with Crippen molar-refractivity contribution in [2.45, 2.75) is 78.6 Å². The van der Waals surface area contributed by atoms with Gasteiger partial charge in [-0.2, -0.15) is 0 Å². The minimum Gasteiger partial charge on any atom is -0.507 e. The van der Waals surface area contributed by atoms with Crippen LogP contribution in [-0.4, -0.2) is 34.8 Å². The SMILES string of the molecule is CN1c2c(C(C)(C)C)cc(C(C)(C)C)c(O)c2-c2nc3c(-c4cc(-c5cc(-c6ccccc6)ccn5)cc(C(C)(C)C)c4)cccc3n2[Si]1(c1ccccc1)c1ccccc1. The van der Waals surface area contributed by atoms with Gasteiger partial charge in [-0.25, -0.2) is 4.98 Å². The molecule has 61 heavy (non-hydrogen) atoms. The van der Waals surface area contributed by atoms with Crippen molar-refractivity contribution in [3.63, 3.8) is 0 Å². The predicted octanol–water partition coefficient (Wildman–Crippen LogP) is 12.3. The first kappa shape index (κ1) is 40.2.